The minimum absolute atomic E-state index is 0.114. The molecule has 72 valence electrons. The first-order valence-electron chi connectivity index (χ1n) is 5.35. The summed E-state index contributed by atoms with van der Waals surface area (Å²) in [5, 5.41) is 0. The fourth-order valence-electron chi connectivity index (χ4n) is 3.86. The van der Waals surface area contributed by atoms with E-state index in [2.05, 4.69) is 33.6 Å². The SMILES string of the molecule is C#CC1(C)C2(C)CCC(C2)C1(C)C. The molecule has 2 fully saturated rings. The maximum atomic E-state index is 5.77. The molecule has 0 aromatic heterocycles. The maximum absolute atomic E-state index is 5.77. The molecule has 0 aliphatic heterocycles. The van der Waals surface area contributed by atoms with E-state index in [1.54, 1.807) is 0 Å². The zero-order valence-corrected chi connectivity index (χ0v) is 9.28. The Labute approximate surface area is 82.1 Å². The molecular formula is C13H20. The van der Waals surface area contributed by atoms with Crippen LogP contribution in [0.15, 0.2) is 0 Å². The Morgan fingerprint density at radius 1 is 1.23 bits per heavy atom. The van der Waals surface area contributed by atoms with Crippen molar-refractivity contribution < 1.29 is 0 Å². The lowest BCUT2D eigenvalue weighted by Gasteiger charge is -2.49. The molecule has 0 aromatic carbocycles. The van der Waals surface area contributed by atoms with Crippen molar-refractivity contribution in [3.05, 3.63) is 0 Å². The molecule has 0 heterocycles. The van der Waals surface area contributed by atoms with Gasteiger partial charge in [-0.25, -0.2) is 0 Å². The topological polar surface area (TPSA) is 0 Å². The van der Waals surface area contributed by atoms with Crippen molar-refractivity contribution in [1.82, 2.24) is 0 Å². The molecular weight excluding hydrogens is 156 g/mol. The van der Waals surface area contributed by atoms with E-state index < -0.39 is 0 Å². The van der Waals surface area contributed by atoms with Crippen molar-refractivity contribution in [2.75, 3.05) is 0 Å². The van der Waals surface area contributed by atoms with Gasteiger partial charge in [0.05, 0.1) is 0 Å². The maximum Gasteiger partial charge on any atom is 0.0391 e. The number of hydrogen-bond donors (Lipinski definition) is 0. The fraction of sp³-hybridized carbons (Fsp3) is 0.846. The van der Waals surface area contributed by atoms with Crippen molar-refractivity contribution in [3.63, 3.8) is 0 Å². The van der Waals surface area contributed by atoms with Crippen molar-refractivity contribution in [2.45, 2.75) is 47.0 Å². The van der Waals surface area contributed by atoms with Crippen LogP contribution in [-0.4, -0.2) is 0 Å². The van der Waals surface area contributed by atoms with Crippen molar-refractivity contribution in [1.29, 1.82) is 0 Å². The Morgan fingerprint density at radius 2 is 1.85 bits per heavy atom. The third kappa shape index (κ3) is 0.749. The summed E-state index contributed by atoms with van der Waals surface area (Å²) in [5.74, 6) is 3.96. The first-order valence-corrected chi connectivity index (χ1v) is 5.35. The van der Waals surface area contributed by atoms with E-state index in [-0.39, 0.29) is 5.41 Å². The van der Waals surface area contributed by atoms with E-state index in [1.165, 1.54) is 19.3 Å². The number of rotatable bonds is 0. The quantitative estimate of drug-likeness (QED) is 0.496. The van der Waals surface area contributed by atoms with Gasteiger partial charge in [-0.1, -0.05) is 26.7 Å². The molecule has 2 aliphatic rings. The second-order valence-corrected chi connectivity index (χ2v) is 5.99. The lowest BCUT2D eigenvalue weighted by molar-refractivity contribution is 0.0260. The first kappa shape index (κ1) is 9.13. The number of hydrogen-bond acceptors (Lipinski definition) is 0. The predicted molar refractivity (Wildman–Crippen MR) is 56.2 cm³/mol. The van der Waals surface area contributed by atoms with Gasteiger partial charge in [-0.05, 0) is 42.9 Å². The summed E-state index contributed by atoms with van der Waals surface area (Å²) in [6, 6.07) is 0. The van der Waals surface area contributed by atoms with Gasteiger partial charge in [0.15, 0.2) is 0 Å². The zero-order valence-electron chi connectivity index (χ0n) is 9.28. The molecule has 0 saturated heterocycles. The first-order chi connectivity index (χ1) is 5.87. The summed E-state index contributed by atoms with van der Waals surface area (Å²) in [6.45, 7) is 9.41. The molecule has 2 aliphatic carbocycles. The van der Waals surface area contributed by atoms with E-state index in [0.717, 1.165) is 5.92 Å². The van der Waals surface area contributed by atoms with E-state index in [9.17, 15) is 0 Å². The van der Waals surface area contributed by atoms with Crippen molar-refractivity contribution in [3.8, 4) is 12.3 Å². The minimum atomic E-state index is 0.114. The molecule has 3 atom stereocenters. The zero-order chi connectivity index (χ0) is 9.91. The summed E-state index contributed by atoms with van der Waals surface area (Å²) < 4.78 is 0. The van der Waals surface area contributed by atoms with Crippen LogP contribution >= 0.6 is 0 Å². The van der Waals surface area contributed by atoms with Gasteiger partial charge < -0.3 is 0 Å². The van der Waals surface area contributed by atoms with Crippen LogP contribution in [0.4, 0.5) is 0 Å². The van der Waals surface area contributed by atoms with Gasteiger partial charge in [-0.2, -0.15) is 0 Å². The molecule has 13 heavy (non-hydrogen) atoms. The smallest absolute Gasteiger partial charge is 0.0391 e. The molecule has 0 nitrogen and oxygen atoms in total. The lowest BCUT2D eigenvalue weighted by Crippen LogP contribution is -2.44. The van der Waals surface area contributed by atoms with Crippen LogP contribution in [0.1, 0.15) is 47.0 Å². The second-order valence-electron chi connectivity index (χ2n) is 5.99. The third-order valence-electron chi connectivity index (χ3n) is 5.55. The summed E-state index contributed by atoms with van der Waals surface area (Å²) >= 11 is 0. The predicted octanol–water partition coefficient (Wildman–Crippen LogP) is 3.47. The Balaban J connectivity index is 2.53. The highest BCUT2D eigenvalue weighted by Crippen LogP contribution is 2.72. The average Bonchev–Trinajstić information content (AvgIpc) is 2.51. The van der Waals surface area contributed by atoms with Gasteiger partial charge in [-0.3, -0.25) is 0 Å². The van der Waals surface area contributed by atoms with Crippen LogP contribution in [0.25, 0.3) is 0 Å². The molecule has 2 saturated carbocycles. The van der Waals surface area contributed by atoms with Gasteiger partial charge in [-0.15, -0.1) is 6.42 Å². The van der Waals surface area contributed by atoms with Crippen LogP contribution < -0.4 is 0 Å². The Kier molecular flexibility index (Phi) is 1.50. The molecule has 0 radical (unpaired) electrons. The Hall–Kier alpha value is -0.440. The van der Waals surface area contributed by atoms with Gasteiger partial charge in [0.25, 0.3) is 0 Å². The van der Waals surface area contributed by atoms with E-state index in [4.69, 9.17) is 6.42 Å². The van der Waals surface area contributed by atoms with Gasteiger partial charge >= 0.3 is 0 Å². The van der Waals surface area contributed by atoms with E-state index in [1.807, 2.05) is 0 Å². The molecule has 0 amide bonds. The third-order valence-corrected chi connectivity index (χ3v) is 5.55. The highest BCUT2D eigenvalue weighted by atomic mass is 14.7. The lowest BCUT2D eigenvalue weighted by atomic mass is 9.54. The summed E-state index contributed by atoms with van der Waals surface area (Å²) in [7, 11) is 0. The number of fused-ring (bicyclic) bond motifs is 2. The molecule has 3 unspecified atom stereocenters. The highest BCUT2D eigenvalue weighted by molar-refractivity contribution is 5.25. The Bertz CT molecular complexity index is 274. The molecule has 2 bridgehead atoms. The standard InChI is InChI=1S/C13H20/c1-6-13(5)11(2,3)10-7-8-12(13,4)9-10/h1,10H,7-9H2,2-5H3. The molecule has 0 aromatic rings. The van der Waals surface area contributed by atoms with E-state index >= 15 is 0 Å². The fourth-order valence-corrected chi connectivity index (χ4v) is 3.86. The van der Waals surface area contributed by atoms with E-state index in [0.29, 0.717) is 10.8 Å². The molecule has 0 N–H and O–H groups in total. The normalized spacial score (nSPS) is 52.1. The Morgan fingerprint density at radius 3 is 2.15 bits per heavy atom. The minimum Gasteiger partial charge on any atom is -0.119 e. The van der Waals surface area contributed by atoms with Crippen LogP contribution in [0.3, 0.4) is 0 Å². The van der Waals surface area contributed by atoms with Gasteiger partial charge in [0.2, 0.25) is 0 Å². The van der Waals surface area contributed by atoms with Gasteiger partial charge in [0.1, 0.15) is 0 Å². The van der Waals surface area contributed by atoms with Crippen LogP contribution in [0.2, 0.25) is 0 Å². The van der Waals surface area contributed by atoms with Crippen molar-refractivity contribution >= 4 is 0 Å². The molecule has 0 heteroatoms. The largest absolute Gasteiger partial charge is 0.119 e. The van der Waals surface area contributed by atoms with Crippen LogP contribution in [0, 0.1) is 34.5 Å². The molecule has 2 rings (SSSR count). The van der Waals surface area contributed by atoms with Gasteiger partial charge in [0, 0.05) is 5.41 Å². The van der Waals surface area contributed by atoms with Crippen LogP contribution in [-0.2, 0) is 0 Å². The second kappa shape index (κ2) is 2.14. The summed E-state index contributed by atoms with van der Waals surface area (Å²) in [5.41, 5.74) is 0.869. The van der Waals surface area contributed by atoms with Crippen molar-refractivity contribution in [2.24, 2.45) is 22.2 Å². The molecule has 0 spiro atoms. The summed E-state index contributed by atoms with van der Waals surface area (Å²) in [4.78, 5) is 0. The monoisotopic (exact) mass is 176 g/mol. The summed E-state index contributed by atoms with van der Waals surface area (Å²) in [6.07, 6.45) is 9.84. The average molecular weight is 176 g/mol. The van der Waals surface area contributed by atoms with Crippen LogP contribution in [0.5, 0.6) is 0 Å². The number of terminal acetylenes is 1. The highest BCUT2D eigenvalue weighted by Gasteiger charge is 2.65.